The van der Waals surface area contributed by atoms with Gasteiger partial charge in [0, 0.05) is 25.7 Å². The molecule has 0 spiro atoms. The van der Waals surface area contributed by atoms with Gasteiger partial charge in [-0.2, -0.15) is 4.31 Å². The van der Waals surface area contributed by atoms with Crippen LogP contribution in [0.3, 0.4) is 0 Å². The van der Waals surface area contributed by atoms with Crippen molar-refractivity contribution in [2.45, 2.75) is 44.0 Å². The van der Waals surface area contributed by atoms with Gasteiger partial charge in [-0.3, -0.25) is 0 Å². The van der Waals surface area contributed by atoms with Crippen molar-refractivity contribution >= 4 is 10.0 Å². The van der Waals surface area contributed by atoms with Gasteiger partial charge in [-0.15, -0.1) is 0 Å². The van der Waals surface area contributed by atoms with Crippen LogP contribution in [0.15, 0.2) is 29.2 Å². The molecule has 0 radical (unpaired) electrons. The molecule has 112 valence electrons. The lowest BCUT2D eigenvalue weighted by Crippen LogP contribution is -2.52. The van der Waals surface area contributed by atoms with E-state index in [0.29, 0.717) is 24.5 Å². The van der Waals surface area contributed by atoms with Crippen LogP contribution in [0.2, 0.25) is 0 Å². The van der Waals surface area contributed by atoms with Crippen LogP contribution in [0.5, 0.6) is 0 Å². The molecule has 1 aliphatic rings. The average molecular weight is 296 g/mol. The van der Waals surface area contributed by atoms with Crippen molar-refractivity contribution in [2.24, 2.45) is 0 Å². The van der Waals surface area contributed by atoms with Crippen molar-refractivity contribution in [1.29, 1.82) is 0 Å². The van der Waals surface area contributed by atoms with Crippen LogP contribution in [-0.4, -0.2) is 38.4 Å². The normalized spacial score (nSPS) is 21.9. The van der Waals surface area contributed by atoms with Crippen LogP contribution in [0.4, 0.5) is 0 Å². The number of hydrogen-bond donors (Lipinski definition) is 1. The summed E-state index contributed by atoms with van der Waals surface area (Å²) in [6.45, 7) is 10.0. The van der Waals surface area contributed by atoms with E-state index in [1.54, 1.807) is 16.4 Å². The molecule has 1 atom stereocenters. The summed E-state index contributed by atoms with van der Waals surface area (Å²) in [5, 5.41) is 3.23. The number of rotatable bonds is 2. The van der Waals surface area contributed by atoms with E-state index in [9.17, 15) is 8.42 Å². The highest BCUT2D eigenvalue weighted by molar-refractivity contribution is 7.89. The molecular formula is C15H24N2O2S. The van der Waals surface area contributed by atoms with E-state index < -0.39 is 10.0 Å². The Kier molecular flexibility index (Phi) is 4.23. The SMILES string of the molecule is CC1CNCCN1S(=O)(=O)c1ccccc1C(C)(C)C. The smallest absolute Gasteiger partial charge is 0.243 e. The highest BCUT2D eigenvalue weighted by Gasteiger charge is 2.34. The first kappa shape index (κ1) is 15.5. The fraction of sp³-hybridized carbons (Fsp3) is 0.600. The predicted octanol–water partition coefficient (Wildman–Crippen LogP) is 1.97. The number of nitrogens with zero attached hydrogens (tertiary/aromatic N) is 1. The number of piperazine rings is 1. The Bertz CT molecular complexity index is 576. The minimum absolute atomic E-state index is 0.0122. The van der Waals surface area contributed by atoms with E-state index in [0.717, 1.165) is 5.56 Å². The van der Waals surface area contributed by atoms with Gasteiger partial charge in [-0.1, -0.05) is 39.0 Å². The topological polar surface area (TPSA) is 49.4 Å². The molecule has 0 bridgehead atoms. The second-order valence-electron chi connectivity index (χ2n) is 6.42. The molecule has 1 aromatic rings. The lowest BCUT2D eigenvalue weighted by molar-refractivity contribution is 0.283. The summed E-state index contributed by atoms with van der Waals surface area (Å²) in [6.07, 6.45) is 0. The largest absolute Gasteiger partial charge is 0.314 e. The van der Waals surface area contributed by atoms with Crippen LogP contribution in [0.1, 0.15) is 33.3 Å². The van der Waals surface area contributed by atoms with Gasteiger partial charge in [0.15, 0.2) is 0 Å². The van der Waals surface area contributed by atoms with Crippen LogP contribution in [0, 0.1) is 0 Å². The number of benzene rings is 1. The first-order valence-corrected chi connectivity index (χ1v) is 8.50. The molecule has 1 N–H and O–H groups in total. The van der Waals surface area contributed by atoms with Crippen LogP contribution in [-0.2, 0) is 15.4 Å². The third-order valence-corrected chi connectivity index (χ3v) is 5.79. The van der Waals surface area contributed by atoms with Gasteiger partial charge in [-0.05, 0) is 24.0 Å². The van der Waals surface area contributed by atoms with Crippen molar-refractivity contribution in [3.63, 3.8) is 0 Å². The zero-order valence-corrected chi connectivity index (χ0v) is 13.5. The standard InChI is InChI=1S/C15H24N2O2S/c1-12-11-16-9-10-17(12)20(18,19)14-8-6-5-7-13(14)15(2,3)4/h5-8,12,16H,9-11H2,1-4H3. The van der Waals surface area contributed by atoms with E-state index in [2.05, 4.69) is 5.32 Å². The predicted molar refractivity (Wildman–Crippen MR) is 81.4 cm³/mol. The van der Waals surface area contributed by atoms with Gasteiger partial charge in [0.25, 0.3) is 0 Å². The Labute approximate surface area is 122 Å². The lowest BCUT2D eigenvalue weighted by Gasteiger charge is -2.34. The third kappa shape index (κ3) is 2.90. The fourth-order valence-electron chi connectivity index (χ4n) is 2.62. The average Bonchev–Trinajstić information content (AvgIpc) is 2.38. The fourth-order valence-corrected chi connectivity index (χ4v) is 4.65. The molecular weight excluding hydrogens is 272 g/mol. The Balaban J connectivity index is 2.50. The van der Waals surface area contributed by atoms with Gasteiger partial charge in [0.2, 0.25) is 10.0 Å². The van der Waals surface area contributed by atoms with E-state index in [1.807, 2.05) is 39.8 Å². The Hall–Kier alpha value is -0.910. The molecule has 0 saturated carbocycles. The maximum Gasteiger partial charge on any atom is 0.243 e. The van der Waals surface area contributed by atoms with Gasteiger partial charge in [0.1, 0.15) is 0 Å². The molecule has 4 nitrogen and oxygen atoms in total. The van der Waals surface area contributed by atoms with Gasteiger partial charge in [0.05, 0.1) is 4.90 Å². The molecule has 0 aromatic heterocycles. The monoisotopic (exact) mass is 296 g/mol. The minimum Gasteiger partial charge on any atom is -0.314 e. The molecule has 1 heterocycles. The summed E-state index contributed by atoms with van der Waals surface area (Å²) in [5.41, 5.74) is 0.687. The number of hydrogen-bond acceptors (Lipinski definition) is 3. The third-order valence-electron chi connectivity index (χ3n) is 3.72. The van der Waals surface area contributed by atoms with Gasteiger partial charge >= 0.3 is 0 Å². The molecule has 0 aliphatic carbocycles. The van der Waals surface area contributed by atoms with Gasteiger partial charge in [-0.25, -0.2) is 8.42 Å². The molecule has 1 aromatic carbocycles. The number of nitrogens with one attached hydrogen (secondary N) is 1. The quantitative estimate of drug-likeness (QED) is 0.907. The van der Waals surface area contributed by atoms with Crippen molar-refractivity contribution in [2.75, 3.05) is 19.6 Å². The summed E-state index contributed by atoms with van der Waals surface area (Å²) in [4.78, 5) is 0.446. The molecule has 2 rings (SSSR count). The Morgan fingerprint density at radius 3 is 2.50 bits per heavy atom. The second kappa shape index (κ2) is 5.47. The molecule has 20 heavy (non-hydrogen) atoms. The van der Waals surface area contributed by atoms with Crippen LogP contribution in [0.25, 0.3) is 0 Å². The maximum absolute atomic E-state index is 13.0. The maximum atomic E-state index is 13.0. The van der Waals surface area contributed by atoms with E-state index in [-0.39, 0.29) is 11.5 Å². The molecule has 1 saturated heterocycles. The van der Waals surface area contributed by atoms with Crippen molar-refractivity contribution in [3.05, 3.63) is 29.8 Å². The van der Waals surface area contributed by atoms with Gasteiger partial charge < -0.3 is 5.32 Å². The van der Waals surface area contributed by atoms with Crippen molar-refractivity contribution in [1.82, 2.24) is 9.62 Å². The first-order valence-electron chi connectivity index (χ1n) is 7.06. The highest BCUT2D eigenvalue weighted by Crippen LogP contribution is 2.31. The summed E-state index contributed by atoms with van der Waals surface area (Å²) in [7, 11) is -3.43. The summed E-state index contributed by atoms with van der Waals surface area (Å²) in [5.74, 6) is 0. The van der Waals surface area contributed by atoms with Crippen molar-refractivity contribution < 1.29 is 8.42 Å². The minimum atomic E-state index is -3.43. The summed E-state index contributed by atoms with van der Waals surface area (Å²) in [6, 6.07) is 7.34. The second-order valence-corrected chi connectivity index (χ2v) is 8.27. The zero-order chi connectivity index (χ0) is 15.0. The van der Waals surface area contributed by atoms with E-state index in [4.69, 9.17) is 0 Å². The first-order chi connectivity index (χ1) is 9.24. The molecule has 5 heteroatoms. The molecule has 1 aliphatic heterocycles. The highest BCUT2D eigenvalue weighted by atomic mass is 32.2. The van der Waals surface area contributed by atoms with Crippen molar-refractivity contribution in [3.8, 4) is 0 Å². The zero-order valence-electron chi connectivity index (χ0n) is 12.7. The van der Waals surface area contributed by atoms with Crippen LogP contribution >= 0.6 is 0 Å². The number of sulfonamides is 1. The molecule has 1 fully saturated rings. The summed E-state index contributed by atoms with van der Waals surface area (Å²) >= 11 is 0. The lowest BCUT2D eigenvalue weighted by atomic mass is 9.87. The Morgan fingerprint density at radius 2 is 1.90 bits per heavy atom. The molecule has 1 unspecified atom stereocenters. The summed E-state index contributed by atoms with van der Waals surface area (Å²) < 4.78 is 27.5. The van der Waals surface area contributed by atoms with E-state index >= 15 is 0 Å². The van der Waals surface area contributed by atoms with Crippen LogP contribution < -0.4 is 5.32 Å². The Morgan fingerprint density at radius 1 is 1.25 bits per heavy atom. The van der Waals surface area contributed by atoms with E-state index in [1.165, 1.54) is 0 Å². The molecule has 0 amide bonds.